The van der Waals surface area contributed by atoms with Gasteiger partial charge >= 0.3 is 0 Å². The molecule has 0 aliphatic carbocycles. The van der Waals surface area contributed by atoms with E-state index in [0.29, 0.717) is 10.9 Å². The number of thioether (sulfide) groups is 1. The molecule has 0 saturated carbocycles. The molecular weight excluding hydrogens is 344 g/mol. The summed E-state index contributed by atoms with van der Waals surface area (Å²) >= 11 is 1.37. The predicted molar refractivity (Wildman–Crippen MR) is 106 cm³/mol. The molecule has 1 amide bonds. The van der Waals surface area contributed by atoms with Gasteiger partial charge in [-0.3, -0.25) is 4.79 Å². The Morgan fingerprint density at radius 3 is 2.73 bits per heavy atom. The zero-order valence-corrected chi connectivity index (χ0v) is 15.2. The minimum Gasteiger partial charge on any atom is -0.337 e. The number of carbonyl (C=O) groups excluding carboxylic acids is 1. The summed E-state index contributed by atoms with van der Waals surface area (Å²) in [5.41, 5.74) is 4.09. The predicted octanol–water partition coefficient (Wildman–Crippen LogP) is 3.34. The summed E-state index contributed by atoms with van der Waals surface area (Å²) in [5.74, 6) is 6.43. The highest BCUT2D eigenvalue weighted by Gasteiger charge is 2.22. The number of anilines is 1. The summed E-state index contributed by atoms with van der Waals surface area (Å²) < 4.78 is 1.49. The number of para-hydroxylation sites is 1. The Bertz CT molecular complexity index is 923. The highest BCUT2D eigenvalue weighted by molar-refractivity contribution is 7.99. The Labute approximate surface area is 156 Å². The third-order valence-corrected chi connectivity index (χ3v) is 5.46. The van der Waals surface area contributed by atoms with Gasteiger partial charge in [0.05, 0.1) is 17.6 Å². The van der Waals surface area contributed by atoms with Crippen molar-refractivity contribution in [2.24, 2.45) is 0 Å². The van der Waals surface area contributed by atoms with Crippen LogP contribution in [-0.2, 0) is 11.2 Å². The molecule has 26 heavy (non-hydrogen) atoms. The quantitative estimate of drug-likeness (QED) is 0.570. The Balaban J connectivity index is 1.47. The average Bonchev–Trinajstić information content (AvgIpc) is 3.07. The van der Waals surface area contributed by atoms with Crippen molar-refractivity contribution >= 4 is 23.4 Å². The fourth-order valence-electron chi connectivity index (χ4n) is 3.23. The average molecular weight is 364 g/mol. The molecule has 0 radical (unpaired) electrons. The first kappa shape index (κ1) is 16.7. The number of benzene rings is 2. The van der Waals surface area contributed by atoms with Crippen LogP contribution < -0.4 is 10.7 Å². The first-order chi connectivity index (χ1) is 12.7. The van der Waals surface area contributed by atoms with Crippen molar-refractivity contribution < 1.29 is 4.79 Å². The molecule has 0 fully saturated rings. The molecule has 1 aliphatic rings. The van der Waals surface area contributed by atoms with E-state index in [4.69, 9.17) is 5.84 Å². The molecule has 0 spiro atoms. The number of imidazole rings is 1. The van der Waals surface area contributed by atoms with Crippen LogP contribution in [0, 0.1) is 0 Å². The molecule has 2 N–H and O–H groups in total. The standard InChI is InChI=1S/C20H20N4OS/c21-24-13-17(15-7-2-1-3-8-15)22-20(24)26-14-19(25)23-12-6-10-16-9-4-5-11-18(16)23/h1-5,7-9,11,13H,6,10,12,14,21H2. The normalized spacial score (nSPS) is 13.5. The number of hydrogen-bond acceptors (Lipinski definition) is 4. The van der Waals surface area contributed by atoms with Gasteiger partial charge in [0, 0.05) is 17.8 Å². The van der Waals surface area contributed by atoms with Crippen molar-refractivity contribution in [1.82, 2.24) is 9.66 Å². The van der Waals surface area contributed by atoms with Crippen LogP contribution in [0.25, 0.3) is 11.3 Å². The van der Waals surface area contributed by atoms with Crippen LogP contribution in [0.2, 0.25) is 0 Å². The van der Waals surface area contributed by atoms with Crippen LogP contribution in [0.5, 0.6) is 0 Å². The maximum atomic E-state index is 12.7. The van der Waals surface area contributed by atoms with Gasteiger partial charge in [-0.1, -0.05) is 60.3 Å². The second-order valence-electron chi connectivity index (χ2n) is 6.25. The van der Waals surface area contributed by atoms with Crippen LogP contribution in [0.3, 0.4) is 0 Å². The highest BCUT2D eigenvalue weighted by atomic mass is 32.2. The van der Waals surface area contributed by atoms with Crippen molar-refractivity contribution in [2.75, 3.05) is 23.0 Å². The molecule has 0 saturated heterocycles. The lowest BCUT2D eigenvalue weighted by Gasteiger charge is -2.29. The van der Waals surface area contributed by atoms with Gasteiger partial charge in [-0.05, 0) is 24.5 Å². The maximum Gasteiger partial charge on any atom is 0.237 e. The Morgan fingerprint density at radius 2 is 1.88 bits per heavy atom. The van der Waals surface area contributed by atoms with E-state index < -0.39 is 0 Å². The molecule has 3 aromatic rings. The van der Waals surface area contributed by atoms with Crippen molar-refractivity contribution in [3.05, 3.63) is 66.4 Å². The summed E-state index contributed by atoms with van der Waals surface area (Å²) in [6, 6.07) is 18.0. The largest absolute Gasteiger partial charge is 0.337 e. The van der Waals surface area contributed by atoms with Gasteiger partial charge in [0.2, 0.25) is 5.91 Å². The number of nitrogens with zero attached hydrogens (tertiary/aromatic N) is 3. The summed E-state index contributed by atoms with van der Waals surface area (Å²) in [6.07, 6.45) is 3.82. The molecule has 0 atom stereocenters. The number of carbonyl (C=O) groups is 1. The van der Waals surface area contributed by atoms with E-state index in [0.717, 1.165) is 36.3 Å². The fraction of sp³-hybridized carbons (Fsp3) is 0.200. The van der Waals surface area contributed by atoms with E-state index in [9.17, 15) is 4.79 Å². The lowest BCUT2D eigenvalue weighted by molar-refractivity contribution is -0.116. The van der Waals surface area contributed by atoms with Crippen molar-refractivity contribution in [3.63, 3.8) is 0 Å². The third-order valence-electron chi connectivity index (χ3n) is 4.50. The minimum atomic E-state index is 0.0893. The number of nitrogens with two attached hydrogens (primary N) is 1. The molecule has 2 aromatic carbocycles. The van der Waals surface area contributed by atoms with Crippen LogP contribution in [-0.4, -0.2) is 27.9 Å². The second-order valence-corrected chi connectivity index (χ2v) is 7.19. The first-order valence-corrected chi connectivity index (χ1v) is 9.62. The SMILES string of the molecule is Nn1cc(-c2ccccc2)nc1SCC(=O)N1CCCc2ccccc21. The van der Waals surface area contributed by atoms with Gasteiger partial charge in [-0.25, -0.2) is 9.66 Å². The Hall–Kier alpha value is -2.73. The lowest BCUT2D eigenvalue weighted by atomic mass is 10.0. The zero-order chi connectivity index (χ0) is 17.9. The van der Waals surface area contributed by atoms with Crippen LogP contribution in [0.4, 0.5) is 5.69 Å². The summed E-state index contributed by atoms with van der Waals surface area (Å²) in [5, 5.41) is 0.641. The van der Waals surface area contributed by atoms with Crippen molar-refractivity contribution in [2.45, 2.75) is 18.0 Å². The zero-order valence-electron chi connectivity index (χ0n) is 14.3. The molecule has 5 nitrogen and oxygen atoms in total. The fourth-order valence-corrected chi connectivity index (χ4v) is 4.00. The monoisotopic (exact) mass is 364 g/mol. The van der Waals surface area contributed by atoms with Crippen LogP contribution >= 0.6 is 11.8 Å². The van der Waals surface area contributed by atoms with Crippen molar-refractivity contribution in [1.29, 1.82) is 0 Å². The second kappa shape index (κ2) is 7.25. The minimum absolute atomic E-state index is 0.0893. The van der Waals surface area contributed by atoms with Gasteiger partial charge in [0.1, 0.15) is 0 Å². The number of hydrogen-bond donors (Lipinski definition) is 1. The van der Waals surface area contributed by atoms with Gasteiger partial charge < -0.3 is 10.7 Å². The number of amides is 1. The van der Waals surface area contributed by atoms with E-state index in [1.165, 1.54) is 22.0 Å². The summed E-state index contributed by atoms with van der Waals surface area (Å²) in [7, 11) is 0. The number of rotatable bonds is 4. The molecule has 1 aromatic heterocycles. The Kier molecular flexibility index (Phi) is 4.67. The molecule has 132 valence electrons. The topological polar surface area (TPSA) is 64.2 Å². The molecule has 0 unspecified atom stereocenters. The number of fused-ring (bicyclic) bond motifs is 1. The first-order valence-electron chi connectivity index (χ1n) is 8.63. The summed E-state index contributed by atoms with van der Waals surface area (Å²) in [4.78, 5) is 19.2. The van der Waals surface area contributed by atoms with Gasteiger partial charge in [0.25, 0.3) is 0 Å². The van der Waals surface area contributed by atoms with E-state index in [1.807, 2.05) is 53.4 Å². The molecule has 6 heteroatoms. The molecular formula is C20H20N4OS. The van der Waals surface area contributed by atoms with Gasteiger partial charge in [-0.15, -0.1) is 0 Å². The molecule has 2 heterocycles. The maximum absolute atomic E-state index is 12.7. The third kappa shape index (κ3) is 3.32. The molecule has 4 rings (SSSR count). The van der Waals surface area contributed by atoms with E-state index in [2.05, 4.69) is 11.1 Å². The summed E-state index contributed by atoms with van der Waals surface area (Å²) in [6.45, 7) is 0.767. The number of aromatic nitrogens is 2. The van der Waals surface area contributed by atoms with Gasteiger partial charge in [0.15, 0.2) is 5.16 Å². The number of aryl methyl sites for hydroxylation is 1. The van der Waals surface area contributed by atoms with E-state index in [1.54, 1.807) is 6.20 Å². The van der Waals surface area contributed by atoms with Crippen LogP contribution in [0.1, 0.15) is 12.0 Å². The van der Waals surface area contributed by atoms with Crippen LogP contribution in [0.15, 0.2) is 66.0 Å². The highest BCUT2D eigenvalue weighted by Crippen LogP contribution is 2.28. The molecule has 1 aliphatic heterocycles. The number of nitrogen functional groups attached to an aromatic ring is 1. The van der Waals surface area contributed by atoms with Crippen molar-refractivity contribution in [3.8, 4) is 11.3 Å². The Morgan fingerprint density at radius 1 is 1.12 bits per heavy atom. The lowest BCUT2D eigenvalue weighted by Crippen LogP contribution is -2.36. The van der Waals surface area contributed by atoms with E-state index in [-0.39, 0.29) is 5.91 Å². The van der Waals surface area contributed by atoms with E-state index >= 15 is 0 Å². The smallest absolute Gasteiger partial charge is 0.237 e. The molecule has 0 bridgehead atoms. The van der Waals surface area contributed by atoms with Gasteiger partial charge in [-0.2, -0.15) is 0 Å².